The van der Waals surface area contributed by atoms with Gasteiger partial charge in [-0.2, -0.15) is 0 Å². The molecule has 0 saturated carbocycles. The number of rotatable bonds is 7. The van der Waals surface area contributed by atoms with Crippen LogP contribution in [0.2, 0.25) is 0 Å². The van der Waals surface area contributed by atoms with Crippen LogP contribution in [0.15, 0.2) is 21.7 Å². The molecule has 156 valence electrons. The Labute approximate surface area is 166 Å². The van der Waals surface area contributed by atoms with Gasteiger partial charge >= 0.3 is 0 Å². The van der Waals surface area contributed by atoms with Crippen LogP contribution in [0.5, 0.6) is 0 Å². The average Bonchev–Trinajstić information content (AvgIpc) is 3.38. The molecule has 2 aliphatic rings. The van der Waals surface area contributed by atoms with Crippen LogP contribution in [-0.4, -0.2) is 74.9 Å². The molecule has 0 bridgehead atoms. The molecular formula is C20H32N4O4. The highest BCUT2D eigenvalue weighted by molar-refractivity contribution is 5.92. The van der Waals surface area contributed by atoms with Crippen molar-refractivity contribution in [1.29, 1.82) is 0 Å². The Morgan fingerprint density at radius 1 is 1.29 bits per heavy atom. The fourth-order valence-corrected chi connectivity index (χ4v) is 3.57. The Kier molecular flexibility index (Phi) is 7.73. The number of carbonyl (C=O) groups excluding carboxylic acids is 1. The largest absolute Gasteiger partial charge is 0.459 e. The standard InChI is InChI=1S/C20H32N4O4/c1-3-21-20(24-10-13-27-17(14-24)16-6-4-11-26-16)23-9-5-8-22-19(25)18-15(2)7-12-28-18/h7,12,16-17H,3-6,8-11,13-14H2,1-2H3,(H,21,23)(H,22,25). The van der Waals surface area contributed by atoms with E-state index in [-0.39, 0.29) is 18.1 Å². The van der Waals surface area contributed by atoms with Gasteiger partial charge in [0.1, 0.15) is 6.10 Å². The van der Waals surface area contributed by atoms with Crippen molar-refractivity contribution < 1.29 is 18.7 Å². The SMILES string of the molecule is CCNC(=NCCCNC(=O)c1occc1C)N1CCOC(C2CCCO2)C1. The first kappa shape index (κ1) is 20.7. The normalized spacial score (nSPS) is 23.1. The molecule has 2 atom stereocenters. The molecule has 1 aromatic rings. The van der Waals surface area contributed by atoms with Crippen molar-refractivity contribution in [3.05, 3.63) is 23.7 Å². The molecule has 0 aromatic carbocycles. The molecule has 8 nitrogen and oxygen atoms in total. The van der Waals surface area contributed by atoms with Crippen LogP contribution in [0.25, 0.3) is 0 Å². The number of hydrogen-bond acceptors (Lipinski definition) is 5. The minimum absolute atomic E-state index is 0.107. The summed E-state index contributed by atoms with van der Waals surface area (Å²) in [6, 6.07) is 1.79. The molecular weight excluding hydrogens is 360 g/mol. The lowest BCUT2D eigenvalue weighted by atomic mass is 10.1. The van der Waals surface area contributed by atoms with E-state index in [2.05, 4.69) is 22.5 Å². The molecule has 1 aromatic heterocycles. The molecule has 2 N–H and O–H groups in total. The van der Waals surface area contributed by atoms with Gasteiger partial charge in [-0.15, -0.1) is 0 Å². The monoisotopic (exact) mass is 392 g/mol. The summed E-state index contributed by atoms with van der Waals surface area (Å²) in [5.74, 6) is 1.11. The first-order chi connectivity index (χ1) is 13.7. The van der Waals surface area contributed by atoms with Crippen LogP contribution in [0.3, 0.4) is 0 Å². The topological polar surface area (TPSA) is 88.3 Å². The third kappa shape index (κ3) is 5.48. The fourth-order valence-electron chi connectivity index (χ4n) is 3.57. The van der Waals surface area contributed by atoms with Crippen LogP contribution in [0.1, 0.15) is 42.3 Å². The van der Waals surface area contributed by atoms with Gasteiger partial charge in [0, 0.05) is 44.9 Å². The van der Waals surface area contributed by atoms with E-state index in [9.17, 15) is 4.79 Å². The van der Waals surface area contributed by atoms with Crippen LogP contribution in [0, 0.1) is 6.92 Å². The Hall–Kier alpha value is -2.06. The van der Waals surface area contributed by atoms with E-state index in [1.54, 1.807) is 6.07 Å². The molecule has 2 fully saturated rings. The van der Waals surface area contributed by atoms with Crippen molar-refractivity contribution >= 4 is 11.9 Å². The van der Waals surface area contributed by atoms with Gasteiger partial charge in [0.05, 0.1) is 19.0 Å². The number of amides is 1. The van der Waals surface area contributed by atoms with Crippen LogP contribution in [0.4, 0.5) is 0 Å². The second kappa shape index (κ2) is 10.5. The van der Waals surface area contributed by atoms with Gasteiger partial charge in [0.25, 0.3) is 5.91 Å². The maximum Gasteiger partial charge on any atom is 0.287 e. The summed E-state index contributed by atoms with van der Waals surface area (Å²) >= 11 is 0. The Bertz CT molecular complexity index is 654. The zero-order valence-electron chi connectivity index (χ0n) is 16.9. The molecule has 0 spiro atoms. The van der Waals surface area contributed by atoms with Gasteiger partial charge < -0.3 is 29.4 Å². The molecule has 0 radical (unpaired) electrons. The summed E-state index contributed by atoms with van der Waals surface area (Å²) < 4.78 is 16.9. The predicted molar refractivity (Wildman–Crippen MR) is 107 cm³/mol. The van der Waals surface area contributed by atoms with Crippen molar-refractivity contribution in [1.82, 2.24) is 15.5 Å². The molecule has 2 unspecified atom stereocenters. The summed E-state index contributed by atoms with van der Waals surface area (Å²) in [5.41, 5.74) is 0.845. The van der Waals surface area contributed by atoms with E-state index in [0.29, 0.717) is 25.5 Å². The summed E-state index contributed by atoms with van der Waals surface area (Å²) in [5, 5.41) is 6.25. The van der Waals surface area contributed by atoms with Crippen molar-refractivity contribution in [3.63, 3.8) is 0 Å². The van der Waals surface area contributed by atoms with Crippen LogP contribution < -0.4 is 10.6 Å². The number of hydrogen-bond donors (Lipinski definition) is 2. The van der Waals surface area contributed by atoms with Crippen molar-refractivity contribution in [2.24, 2.45) is 4.99 Å². The van der Waals surface area contributed by atoms with Gasteiger partial charge in [0.15, 0.2) is 11.7 Å². The second-order valence-corrected chi connectivity index (χ2v) is 7.18. The molecule has 2 saturated heterocycles. The minimum atomic E-state index is -0.175. The summed E-state index contributed by atoms with van der Waals surface area (Å²) in [4.78, 5) is 19.0. The molecule has 3 rings (SSSR count). The number of aryl methyl sites for hydroxylation is 1. The Balaban J connectivity index is 1.45. The second-order valence-electron chi connectivity index (χ2n) is 7.18. The molecule has 8 heteroatoms. The number of ether oxygens (including phenoxy) is 2. The third-order valence-electron chi connectivity index (χ3n) is 5.06. The molecule has 0 aliphatic carbocycles. The lowest BCUT2D eigenvalue weighted by Crippen LogP contribution is -2.53. The van der Waals surface area contributed by atoms with Gasteiger partial charge in [-0.1, -0.05) is 0 Å². The quantitative estimate of drug-likeness (QED) is 0.416. The fraction of sp³-hybridized carbons (Fsp3) is 0.700. The molecule has 1 amide bonds. The number of aliphatic imine (C=N–C) groups is 1. The van der Waals surface area contributed by atoms with Gasteiger partial charge in [0.2, 0.25) is 0 Å². The highest BCUT2D eigenvalue weighted by Gasteiger charge is 2.32. The summed E-state index contributed by atoms with van der Waals surface area (Å²) in [6.45, 7) is 9.08. The summed E-state index contributed by atoms with van der Waals surface area (Å²) in [7, 11) is 0. The third-order valence-corrected chi connectivity index (χ3v) is 5.06. The number of guanidine groups is 1. The minimum Gasteiger partial charge on any atom is -0.459 e. The highest BCUT2D eigenvalue weighted by atomic mass is 16.5. The average molecular weight is 393 g/mol. The predicted octanol–water partition coefficient (Wildman–Crippen LogP) is 1.55. The first-order valence-electron chi connectivity index (χ1n) is 10.3. The van der Waals surface area contributed by atoms with Gasteiger partial charge in [-0.3, -0.25) is 9.79 Å². The van der Waals surface area contributed by atoms with E-state index >= 15 is 0 Å². The number of furan rings is 1. The molecule has 2 aliphatic heterocycles. The first-order valence-corrected chi connectivity index (χ1v) is 10.3. The molecule has 28 heavy (non-hydrogen) atoms. The van der Waals surface area contributed by atoms with E-state index in [4.69, 9.17) is 18.9 Å². The lowest BCUT2D eigenvalue weighted by molar-refractivity contribution is -0.0817. The van der Waals surface area contributed by atoms with E-state index in [0.717, 1.165) is 57.0 Å². The van der Waals surface area contributed by atoms with Gasteiger partial charge in [-0.25, -0.2) is 0 Å². The number of nitrogens with zero attached hydrogens (tertiary/aromatic N) is 2. The van der Waals surface area contributed by atoms with E-state index in [1.165, 1.54) is 6.26 Å². The maximum absolute atomic E-state index is 12.0. The number of nitrogens with one attached hydrogen (secondary N) is 2. The Morgan fingerprint density at radius 2 is 2.14 bits per heavy atom. The summed E-state index contributed by atoms with van der Waals surface area (Å²) in [6.07, 6.45) is 4.79. The lowest BCUT2D eigenvalue weighted by Gasteiger charge is -2.37. The van der Waals surface area contributed by atoms with E-state index in [1.807, 2.05) is 6.92 Å². The zero-order chi connectivity index (χ0) is 19.8. The van der Waals surface area contributed by atoms with Crippen molar-refractivity contribution in [2.75, 3.05) is 45.9 Å². The zero-order valence-corrected chi connectivity index (χ0v) is 16.9. The Morgan fingerprint density at radius 3 is 2.86 bits per heavy atom. The number of carbonyl (C=O) groups is 1. The van der Waals surface area contributed by atoms with E-state index < -0.39 is 0 Å². The maximum atomic E-state index is 12.0. The number of morpholine rings is 1. The smallest absolute Gasteiger partial charge is 0.287 e. The van der Waals surface area contributed by atoms with Crippen LogP contribution >= 0.6 is 0 Å². The van der Waals surface area contributed by atoms with Gasteiger partial charge in [-0.05, 0) is 39.2 Å². The van der Waals surface area contributed by atoms with Crippen molar-refractivity contribution in [2.45, 2.75) is 45.3 Å². The van der Waals surface area contributed by atoms with Crippen LogP contribution in [-0.2, 0) is 9.47 Å². The highest BCUT2D eigenvalue weighted by Crippen LogP contribution is 2.21. The van der Waals surface area contributed by atoms with Crippen molar-refractivity contribution in [3.8, 4) is 0 Å². The molecule has 3 heterocycles.